The molecule has 0 saturated heterocycles. The highest BCUT2D eigenvalue weighted by Gasteiger charge is 2.07. The van der Waals surface area contributed by atoms with Crippen LogP contribution in [-0.4, -0.2) is 25.7 Å². The molecule has 0 spiro atoms. The molecule has 4 heteroatoms. The third-order valence-electron chi connectivity index (χ3n) is 3.63. The van der Waals surface area contributed by atoms with Crippen LogP contribution in [-0.2, 0) is 4.74 Å². The fourth-order valence-corrected chi connectivity index (χ4v) is 2.25. The van der Waals surface area contributed by atoms with Gasteiger partial charge >= 0.3 is 0 Å². The summed E-state index contributed by atoms with van der Waals surface area (Å²) in [5.74, 6) is 1.03. The van der Waals surface area contributed by atoms with Crippen LogP contribution >= 0.6 is 0 Å². The molecule has 4 nitrogen and oxygen atoms in total. The van der Waals surface area contributed by atoms with Crippen LogP contribution in [0.1, 0.15) is 42.6 Å². The van der Waals surface area contributed by atoms with E-state index in [9.17, 15) is 4.79 Å². The van der Waals surface area contributed by atoms with E-state index in [1.165, 1.54) is 5.56 Å². The Kier molecular flexibility index (Phi) is 6.82. The zero-order valence-corrected chi connectivity index (χ0v) is 14.5. The molecule has 0 aliphatic carbocycles. The van der Waals surface area contributed by atoms with Gasteiger partial charge in [0.1, 0.15) is 12.4 Å². The molecule has 24 heavy (non-hydrogen) atoms. The van der Waals surface area contributed by atoms with E-state index in [4.69, 9.17) is 9.47 Å². The summed E-state index contributed by atoms with van der Waals surface area (Å²) < 4.78 is 10.8. The lowest BCUT2D eigenvalue weighted by atomic mass is 10.0. The van der Waals surface area contributed by atoms with Crippen molar-refractivity contribution in [3.05, 3.63) is 59.7 Å². The van der Waals surface area contributed by atoms with Gasteiger partial charge in [0.05, 0.1) is 6.61 Å². The summed E-state index contributed by atoms with van der Waals surface area (Å²) in [5, 5.41) is 2.90. The summed E-state index contributed by atoms with van der Waals surface area (Å²) in [6.07, 6.45) is 0. The first kappa shape index (κ1) is 18.0. The van der Waals surface area contributed by atoms with Gasteiger partial charge in [-0.05, 0) is 42.7 Å². The van der Waals surface area contributed by atoms with Gasteiger partial charge in [-0.3, -0.25) is 4.79 Å². The minimum atomic E-state index is -0.128. The molecule has 1 amide bonds. The summed E-state index contributed by atoms with van der Waals surface area (Å²) in [4.78, 5) is 12.3. The van der Waals surface area contributed by atoms with Gasteiger partial charge in [-0.15, -0.1) is 0 Å². The molecule has 2 rings (SSSR count). The fourth-order valence-electron chi connectivity index (χ4n) is 2.25. The van der Waals surface area contributed by atoms with Gasteiger partial charge in [0.25, 0.3) is 5.91 Å². The lowest BCUT2D eigenvalue weighted by molar-refractivity contribution is 0.102. The van der Waals surface area contributed by atoms with Crippen LogP contribution in [0, 0.1) is 0 Å². The Bertz CT molecular complexity index is 650. The van der Waals surface area contributed by atoms with Crippen LogP contribution in [0.3, 0.4) is 0 Å². The van der Waals surface area contributed by atoms with Crippen molar-refractivity contribution in [3.8, 4) is 5.75 Å². The summed E-state index contributed by atoms with van der Waals surface area (Å²) >= 11 is 0. The topological polar surface area (TPSA) is 47.6 Å². The number of ether oxygens (including phenoxy) is 2. The van der Waals surface area contributed by atoms with Crippen molar-refractivity contribution in [2.45, 2.75) is 26.7 Å². The second-order valence-corrected chi connectivity index (χ2v) is 5.80. The third-order valence-corrected chi connectivity index (χ3v) is 3.63. The molecule has 0 fully saturated rings. The van der Waals surface area contributed by atoms with E-state index in [1.807, 2.05) is 55.5 Å². The van der Waals surface area contributed by atoms with Crippen LogP contribution in [0.25, 0.3) is 0 Å². The molecule has 0 aliphatic rings. The lowest BCUT2D eigenvalue weighted by Gasteiger charge is -2.10. The minimum absolute atomic E-state index is 0.128. The third kappa shape index (κ3) is 5.39. The predicted octanol–water partition coefficient (Wildman–Crippen LogP) is 4.48. The molecule has 128 valence electrons. The van der Waals surface area contributed by atoms with E-state index in [1.54, 1.807) is 0 Å². The number of anilines is 1. The molecule has 1 N–H and O–H groups in total. The van der Waals surface area contributed by atoms with Gasteiger partial charge in [-0.1, -0.05) is 32.0 Å². The Hall–Kier alpha value is -2.33. The Morgan fingerprint density at radius 3 is 2.50 bits per heavy atom. The zero-order valence-electron chi connectivity index (χ0n) is 14.5. The Morgan fingerprint density at radius 1 is 1.08 bits per heavy atom. The van der Waals surface area contributed by atoms with Gasteiger partial charge in [-0.2, -0.15) is 0 Å². The number of nitrogens with one attached hydrogen (secondary N) is 1. The number of carbonyl (C=O) groups is 1. The Labute approximate surface area is 143 Å². The maximum absolute atomic E-state index is 12.3. The van der Waals surface area contributed by atoms with Gasteiger partial charge in [0, 0.05) is 23.9 Å². The smallest absolute Gasteiger partial charge is 0.255 e. The fraction of sp³-hybridized carbons (Fsp3) is 0.350. The Morgan fingerprint density at radius 2 is 1.83 bits per heavy atom. The van der Waals surface area contributed by atoms with Crippen molar-refractivity contribution < 1.29 is 14.3 Å². The van der Waals surface area contributed by atoms with Gasteiger partial charge in [-0.25, -0.2) is 0 Å². The molecule has 0 unspecified atom stereocenters. The highest BCUT2D eigenvalue weighted by molar-refractivity contribution is 6.04. The summed E-state index contributed by atoms with van der Waals surface area (Å²) in [6.45, 7) is 7.92. The number of carbonyl (C=O) groups excluding carboxylic acids is 1. The molecule has 0 saturated carbocycles. The van der Waals surface area contributed by atoms with Gasteiger partial charge in [0.2, 0.25) is 0 Å². The van der Waals surface area contributed by atoms with Crippen molar-refractivity contribution in [1.29, 1.82) is 0 Å². The first-order valence-corrected chi connectivity index (χ1v) is 8.32. The van der Waals surface area contributed by atoms with Crippen LogP contribution < -0.4 is 10.1 Å². The van der Waals surface area contributed by atoms with Crippen molar-refractivity contribution in [2.24, 2.45) is 0 Å². The second kappa shape index (κ2) is 9.08. The molecule has 2 aromatic carbocycles. The molecule has 0 radical (unpaired) electrons. The standard InChI is InChI=1S/C20H25NO3/c1-4-23-12-13-24-19-7-5-6-18(14-19)21-20(22)17-10-8-16(9-11-17)15(2)3/h5-11,14-15H,4,12-13H2,1-3H3,(H,21,22). The second-order valence-electron chi connectivity index (χ2n) is 5.80. The summed E-state index contributed by atoms with van der Waals surface area (Å²) in [6, 6.07) is 15.1. The van der Waals surface area contributed by atoms with Crippen molar-refractivity contribution >= 4 is 11.6 Å². The van der Waals surface area contributed by atoms with E-state index in [0.29, 0.717) is 42.7 Å². The highest BCUT2D eigenvalue weighted by Crippen LogP contribution is 2.19. The zero-order chi connectivity index (χ0) is 17.4. The monoisotopic (exact) mass is 327 g/mol. The van der Waals surface area contributed by atoms with Crippen LogP contribution in [0.5, 0.6) is 5.75 Å². The quantitative estimate of drug-likeness (QED) is 0.727. The lowest BCUT2D eigenvalue weighted by Crippen LogP contribution is -2.12. The van der Waals surface area contributed by atoms with E-state index in [0.717, 1.165) is 0 Å². The number of rotatable bonds is 8. The first-order chi connectivity index (χ1) is 11.6. The molecular weight excluding hydrogens is 302 g/mol. The Balaban J connectivity index is 1.95. The van der Waals surface area contributed by atoms with Gasteiger partial charge in [0.15, 0.2) is 0 Å². The van der Waals surface area contributed by atoms with E-state index in [-0.39, 0.29) is 5.91 Å². The molecule has 0 bridgehead atoms. The number of benzene rings is 2. The number of amides is 1. The minimum Gasteiger partial charge on any atom is -0.491 e. The van der Waals surface area contributed by atoms with E-state index in [2.05, 4.69) is 19.2 Å². The highest BCUT2D eigenvalue weighted by atomic mass is 16.5. The predicted molar refractivity (Wildman–Crippen MR) is 96.9 cm³/mol. The number of hydrogen-bond donors (Lipinski definition) is 1. The average Bonchev–Trinajstić information content (AvgIpc) is 2.59. The van der Waals surface area contributed by atoms with Crippen LogP contribution in [0.15, 0.2) is 48.5 Å². The number of hydrogen-bond acceptors (Lipinski definition) is 3. The van der Waals surface area contributed by atoms with E-state index >= 15 is 0 Å². The SMILES string of the molecule is CCOCCOc1cccc(NC(=O)c2ccc(C(C)C)cc2)c1. The molecular formula is C20H25NO3. The normalized spacial score (nSPS) is 10.7. The van der Waals surface area contributed by atoms with Crippen molar-refractivity contribution in [2.75, 3.05) is 25.1 Å². The average molecular weight is 327 g/mol. The van der Waals surface area contributed by atoms with Crippen molar-refractivity contribution in [3.63, 3.8) is 0 Å². The molecule has 2 aromatic rings. The van der Waals surface area contributed by atoms with Gasteiger partial charge < -0.3 is 14.8 Å². The molecule has 0 aromatic heterocycles. The summed E-state index contributed by atoms with van der Waals surface area (Å²) in [7, 11) is 0. The first-order valence-electron chi connectivity index (χ1n) is 8.32. The molecule has 0 atom stereocenters. The van der Waals surface area contributed by atoms with Crippen molar-refractivity contribution in [1.82, 2.24) is 0 Å². The van der Waals surface area contributed by atoms with E-state index < -0.39 is 0 Å². The molecule has 0 heterocycles. The van der Waals surface area contributed by atoms with Crippen LogP contribution in [0.2, 0.25) is 0 Å². The maximum atomic E-state index is 12.3. The largest absolute Gasteiger partial charge is 0.491 e. The summed E-state index contributed by atoms with van der Waals surface area (Å²) in [5.41, 5.74) is 2.57. The van der Waals surface area contributed by atoms with Crippen LogP contribution in [0.4, 0.5) is 5.69 Å². The molecule has 0 aliphatic heterocycles. The maximum Gasteiger partial charge on any atom is 0.255 e.